The molecule has 6 atom stereocenters. The monoisotopic (exact) mass is 278 g/mol. The Morgan fingerprint density at radius 1 is 1.05 bits per heavy atom. The first kappa shape index (κ1) is 14.4. The summed E-state index contributed by atoms with van der Waals surface area (Å²) in [5.41, 5.74) is 0. The average Bonchev–Trinajstić information content (AvgIpc) is 3.00. The van der Waals surface area contributed by atoms with Crippen LogP contribution >= 0.6 is 0 Å². The Hall–Kier alpha value is -0.530. The maximum Gasteiger partial charge on any atom is 0.306 e. The molecule has 0 aromatic carbocycles. The highest BCUT2D eigenvalue weighted by atomic mass is 16.4. The van der Waals surface area contributed by atoms with Crippen molar-refractivity contribution in [3.63, 3.8) is 0 Å². The molecule has 2 heteroatoms. The maximum absolute atomic E-state index is 11.6. The van der Waals surface area contributed by atoms with E-state index in [9.17, 15) is 9.90 Å². The molecule has 0 amide bonds. The van der Waals surface area contributed by atoms with E-state index in [2.05, 4.69) is 13.8 Å². The molecule has 0 saturated heterocycles. The second-order valence-corrected chi connectivity index (χ2v) is 8.19. The fraction of sp³-hybridized carbons (Fsp3) is 0.944. The van der Waals surface area contributed by atoms with Gasteiger partial charge in [0.05, 0.1) is 5.92 Å². The molecule has 3 aliphatic rings. The van der Waals surface area contributed by atoms with Gasteiger partial charge in [0.25, 0.3) is 0 Å². The molecule has 2 bridgehead atoms. The van der Waals surface area contributed by atoms with Gasteiger partial charge >= 0.3 is 5.97 Å². The summed E-state index contributed by atoms with van der Waals surface area (Å²) in [4.78, 5) is 11.6. The van der Waals surface area contributed by atoms with Gasteiger partial charge in [-0.3, -0.25) is 4.79 Å². The molecule has 0 aliphatic heterocycles. The highest BCUT2D eigenvalue weighted by Gasteiger charge is 2.43. The van der Waals surface area contributed by atoms with Gasteiger partial charge in [0.15, 0.2) is 0 Å². The van der Waals surface area contributed by atoms with Crippen molar-refractivity contribution in [2.24, 2.45) is 41.4 Å². The molecule has 3 saturated carbocycles. The molecule has 3 rings (SSSR count). The summed E-state index contributed by atoms with van der Waals surface area (Å²) in [7, 11) is 0. The van der Waals surface area contributed by atoms with Crippen LogP contribution in [-0.4, -0.2) is 11.1 Å². The molecule has 0 heterocycles. The summed E-state index contributed by atoms with van der Waals surface area (Å²) in [5.74, 6) is 4.13. The van der Waals surface area contributed by atoms with E-state index in [0.717, 1.165) is 36.5 Å². The minimum Gasteiger partial charge on any atom is -0.481 e. The number of carboxylic acid groups (broad SMARTS) is 1. The van der Waals surface area contributed by atoms with E-state index in [1.165, 1.54) is 38.5 Å². The third kappa shape index (κ3) is 2.76. The zero-order chi connectivity index (χ0) is 14.3. The first-order valence-corrected chi connectivity index (χ1v) is 8.77. The summed E-state index contributed by atoms with van der Waals surface area (Å²) in [6, 6.07) is 0. The predicted molar refractivity (Wildman–Crippen MR) is 80.3 cm³/mol. The van der Waals surface area contributed by atoms with Gasteiger partial charge in [0.1, 0.15) is 0 Å². The highest BCUT2D eigenvalue weighted by Crippen LogP contribution is 2.52. The molecule has 0 radical (unpaired) electrons. The highest BCUT2D eigenvalue weighted by molar-refractivity contribution is 5.70. The average molecular weight is 278 g/mol. The Morgan fingerprint density at radius 2 is 1.85 bits per heavy atom. The molecule has 20 heavy (non-hydrogen) atoms. The van der Waals surface area contributed by atoms with E-state index in [1.807, 2.05) is 0 Å². The summed E-state index contributed by atoms with van der Waals surface area (Å²) in [6.07, 6.45) is 10.1. The van der Waals surface area contributed by atoms with Crippen molar-refractivity contribution >= 4 is 5.97 Å². The molecule has 3 aliphatic carbocycles. The normalized spacial score (nSPS) is 44.1. The van der Waals surface area contributed by atoms with E-state index in [1.54, 1.807) is 0 Å². The molecule has 6 unspecified atom stereocenters. The van der Waals surface area contributed by atoms with Gasteiger partial charge < -0.3 is 5.11 Å². The van der Waals surface area contributed by atoms with Crippen molar-refractivity contribution < 1.29 is 9.90 Å². The Bertz CT molecular complexity index is 362. The van der Waals surface area contributed by atoms with Crippen LogP contribution in [0.4, 0.5) is 0 Å². The molecule has 1 N–H and O–H groups in total. The Labute approximate surface area is 123 Å². The van der Waals surface area contributed by atoms with E-state index >= 15 is 0 Å². The van der Waals surface area contributed by atoms with Gasteiger partial charge in [-0.1, -0.05) is 20.3 Å². The smallest absolute Gasteiger partial charge is 0.306 e. The second-order valence-electron chi connectivity index (χ2n) is 8.19. The van der Waals surface area contributed by atoms with Gasteiger partial charge in [0, 0.05) is 0 Å². The fourth-order valence-electron chi connectivity index (χ4n) is 5.55. The van der Waals surface area contributed by atoms with E-state index in [-0.39, 0.29) is 5.92 Å². The van der Waals surface area contributed by atoms with Crippen molar-refractivity contribution in [2.45, 2.75) is 65.2 Å². The number of hydrogen-bond donors (Lipinski definition) is 1. The van der Waals surface area contributed by atoms with E-state index < -0.39 is 5.97 Å². The molecule has 0 aromatic heterocycles. The van der Waals surface area contributed by atoms with Crippen LogP contribution in [0.25, 0.3) is 0 Å². The molecule has 0 aromatic rings. The lowest BCUT2D eigenvalue weighted by molar-refractivity contribution is -0.146. The third-order valence-electron chi connectivity index (χ3n) is 6.77. The number of hydrogen-bond acceptors (Lipinski definition) is 1. The number of carboxylic acids is 1. The SMILES string of the molecule is CC(C)C1CCC(C(=O)O)C(CC2CC3CCC2C3)C1. The molecule has 2 nitrogen and oxygen atoms in total. The summed E-state index contributed by atoms with van der Waals surface area (Å²) >= 11 is 0. The van der Waals surface area contributed by atoms with Crippen LogP contribution < -0.4 is 0 Å². The molecular weight excluding hydrogens is 248 g/mol. The van der Waals surface area contributed by atoms with Gasteiger partial charge in [-0.25, -0.2) is 0 Å². The first-order chi connectivity index (χ1) is 9.54. The Kier molecular flexibility index (Phi) is 4.10. The van der Waals surface area contributed by atoms with Gasteiger partial charge in [0.2, 0.25) is 0 Å². The standard InChI is InChI=1S/C18H30O2/c1-11(2)13-5-6-17(18(19)20)16(9-13)10-15-8-12-3-4-14(15)7-12/h11-17H,3-10H2,1-2H3,(H,19,20). The van der Waals surface area contributed by atoms with Crippen LogP contribution in [-0.2, 0) is 4.79 Å². The molecule has 0 spiro atoms. The zero-order valence-electron chi connectivity index (χ0n) is 13.1. The summed E-state index contributed by atoms with van der Waals surface area (Å²) in [5, 5.41) is 9.54. The van der Waals surface area contributed by atoms with Gasteiger partial charge in [-0.05, 0) is 80.5 Å². The Balaban J connectivity index is 1.65. The van der Waals surface area contributed by atoms with Crippen LogP contribution in [0.15, 0.2) is 0 Å². The fourth-order valence-corrected chi connectivity index (χ4v) is 5.55. The topological polar surface area (TPSA) is 37.3 Å². The van der Waals surface area contributed by atoms with Crippen LogP contribution in [0.3, 0.4) is 0 Å². The number of rotatable bonds is 4. The van der Waals surface area contributed by atoms with Crippen molar-refractivity contribution in [3.8, 4) is 0 Å². The number of fused-ring (bicyclic) bond motifs is 2. The van der Waals surface area contributed by atoms with E-state index in [4.69, 9.17) is 0 Å². The van der Waals surface area contributed by atoms with Crippen LogP contribution in [0.2, 0.25) is 0 Å². The summed E-state index contributed by atoms with van der Waals surface area (Å²) < 4.78 is 0. The predicted octanol–water partition coefficient (Wildman–Crippen LogP) is 4.59. The maximum atomic E-state index is 11.6. The third-order valence-corrected chi connectivity index (χ3v) is 6.77. The number of aliphatic carboxylic acids is 1. The van der Waals surface area contributed by atoms with Crippen LogP contribution in [0, 0.1) is 41.4 Å². The minimum absolute atomic E-state index is 0.0517. The van der Waals surface area contributed by atoms with Crippen LogP contribution in [0.1, 0.15) is 65.2 Å². The molecule has 3 fully saturated rings. The quantitative estimate of drug-likeness (QED) is 0.817. The van der Waals surface area contributed by atoms with Crippen molar-refractivity contribution in [1.29, 1.82) is 0 Å². The minimum atomic E-state index is -0.527. The van der Waals surface area contributed by atoms with Crippen molar-refractivity contribution in [3.05, 3.63) is 0 Å². The first-order valence-electron chi connectivity index (χ1n) is 8.77. The summed E-state index contributed by atoms with van der Waals surface area (Å²) in [6.45, 7) is 4.61. The molecular formula is C18H30O2. The van der Waals surface area contributed by atoms with Crippen molar-refractivity contribution in [1.82, 2.24) is 0 Å². The lowest BCUT2D eigenvalue weighted by Gasteiger charge is -2.38. The second kappa shape index (κ2) is 5.69. The molecule has 114 valence electrons. The Morgan fingerprint density at radius 3 is 2.40 bits per heavy atom. The zero-order valence-corrected chi connectivity index (χ0v) is 13.1. The number of carbonyl (C=O) groups is 1. The largest absolute Gasteiger partial charge is 0.481 e. The van der Waals surface area contributed by atoms with Gasteiger partial charge in [-0.15, -0.1) is 0 Å². The van der Waals surface area contributed by atoms with Crippen LogP contribution in [0.5, 0.6) is 0 Å². The lowest BCUT2D eigenvalue weighted by atomic mass is 9.66. The van der Waals surface area contributed by atoms with E-state index in [0.29, 0.717) is 11.8 Å². The van der Waals surface area contributed by atoms with Crippen molar-refractivity contribution in [2.75, 3.05) is 0 Å². The lowest BCUT2D eigenvalue weighted by Crippen LogP contribution is -2.34. The van der Waals surface area contributed by atoms with Gasteiger partial charge in [-0.2, -0.15) is 0 Å².